The number of para-hydroxylation sites is 2. The first-order valence-corrected chi connectivity index (χ1v) is 14.3. The molecule has 3 atom stereocenters. The van der Waals surface area contributed by atoms with Crippen LogP contribution in [-0.4, -0.2) is 94.2 Å². The first kappa shape index (κ1) is 29.0. The second-order valence-corrected chi connectivity index (χ2v) is 11.2. The van der Waals surface area contributed by atoms with Gasteiger partial charge >= 0.3 is 6.09 Å². The lowest BCUT2D eigenvalue weighted by Crippen LogP contribution is -2.58. The fourth-order valence-electron chi connectivity index (χ4n) is 5.90. The molecule has 2 saturated heterocycles. The molecule has 0 spiro atoms. The first-order chi connectivity index (χ1) is 18.8. The number of aromatic nitrogens is 2. The maximum absolute atomic E-state index is 14.0. The second-order valence-electron chi connectivity index (χ2n) is 11.2. The Kier molecular flexibility index (Phi) is 9.96. The summed E-state index contributed by atoms with van der Waals surface area (Å²) in [7, 11) is 1.68. The van der Waals surface area contributed by atoms with Crippen LogP contribution in [0.15, 0.2) is 24.3 Å². The van der Waals surface area contributed by atoms with Gasteiger partial charge in [-0.1, -0.05) is 26.0 Å². The lowest BCUT2D eigenvalue weighted by Gasteiger charge is -2.40. The standard InChI is InChI=1S/C29H43N5O5/c1-20(2)25(26(35)27-31-23-11-5-6-12-24(23)34(27)15-9-10-16-39-3)30-22-17-21(18-33(19-22)29(37)38)28(36)32-13-7-4-8-14-32/h5-6,11-12,20-22,25,30H,4,7-10,13-19H2,1-3H3,(H,37,38)/t21-,22+,25?/m1/s1. The smallest absolute Gasteiger partial charge is 0.407 e. The van der Waals surface area contributed by atoms with E-state index in [4.69, 9.17) is 9.72 Å². The Labute approximate surface area is 230 Å². The minimum absolute atomic E-state index is 0.0257. The van der Waals surface area contributed by atoms with Crippen LogP contribution in [0, 0.1) is 11.8 Å². The summed E-state index contributed by atoms with van der Waals surface area (Å²) in [5, 5.41) is 13.3. The number of benzene rings is 1. The Morgan fingerprint density at radius 1 is 1.08 bits per heavy atom. The van der Waals surface area contributed by atoms with Crippen LogP contribution in [0.1, 0.15) is 63.0 Å². The van der Waals surface area contributed by atoms with Crippen LogP contribution in [-0.2, 0) is 16.1 Å². The molecule has 10 heteroatoms. The minimum atomic E-state index is -1.04. The Bertz CT molecular complexity index is 1140. The number of carboxylic acid groups (broad SMARTS) is 1. The van der Waals surface area contributed by atoms with Crippen molar-refractivity contribution >= 4 is 28.8 Å². The number of Topliss-reactive ketones (excluding diaryl/α,β-unsaturated/α-hetero) is 1. The van der Waals surface area contributed by atoms with Gasteiger partial charge in [-0.05, 0) is 56.6 Å². The van der Waals surface area contributed by atoms with Crippen LogP contribution in [0.3, 0.4) is 0 Å². The molecule has 1 aromatic carbocycles. The molecule has 2 amide bonds. The van der Waals surface area contributed by atoms with Gasteiger partial charge in [-0.15, -0.1) is 0 Å². The monoisotopic (exact) mass is 541 g/mol. The van der Waals surface area contributed by atoms with E-state index in [0.717, 1.165) is 56.2 Å². The van der Waals surface area contributed by atoms with Crippen molar-refractivity contribution in [1.29, 1.82) is 0 Å². The summed E-state index contributed by atoms with van der Waals surface area (Å²) in [5.41, 5.74) is 1.69. The molecular weight excluding hydrogens is 498 g/mol. The lowest BCUT2D eigenvalue weighted by molar-refractivity contribution is -0.138. The number of likely N-dealkylation sites (tertiary alicyclic amines) is 2. The molecule has 2 N–H and O–H groups in total. The van der Waals surface area contributed by atoms with Gasteiger partial charge in [0.1, 0.15) is 0 Å². The number of unbranched alkanes of at least 4 members (excludes halogenated alkanes) is 1. The number of nitrogens with one attached hydrogen (secondary N) is 1. The summed E-state index contributed by atoms with van der Waals surface area (Å²) < 4.78 is 7.19. The number of imidazole rings is 1. The Balaban J connectivity index is 1.55. The third-order valence-electron chi connectivity index (χ3n) is 7.96. The van der Waals surface area contributed by atoms with Gasteiger partial charge in [-0.2, -0.15) is 0 Å². The number of fused-ring (bicyclic) bond motifs is 1. The largest absolute Gasteiger partial charge is 0.465 e. The summed E-state index contributed by atoms with van der Waals surface area (Å²) in [6.45, 7) is 7.17. The molecular formula is C29H43N5O5. The van der Waals surface area contributed by atoms with E-state index in [2.05, 4.69) is 5.32 Å². The van der Waals surface area contributed by atoms with Crippen molar-refractivity contribution in [3.8, 4) is 0 Å². The summed E-state index contributed by atoms with van der Waals surface area (Å²) in [6, 6.07) is 6.88. The number of rotatable bonds is 11. The highest BCUT2D eigenvalue weighted by atomic mass is 16.5. The van der Waals surface area contributed by atoms with Gasteiger partial charge in [-0.25, -0.2) is 9.78 Å². The molecule has 10 nitrogen and oxygen atoms in total. The highest BCUT2D eigenvalue weighted by Crippen LogP contribution is 2.25. The lowest BCUT2D eigenvalue weighted by atomic mass is 9.90. The number of carbonyl (C=O) groups is 3. The van der Waals surface area contributed by atoms with E-state index < -0.39 is 18.1 Å². The highest BCUT2D eigenvalue weighted by molar-refractivity contribution is 6.00. The molecule has 2 aromatic rings. The molecule has 2 aliphatic rings. The molecule has 2 aliphatic heterocycles. The predicted molar refractivity (Wildman–Crippen MR) is 149 cm³/mol. The molecule has 3 heterocycles. The number of ketones is 1. The number of methoxy groups -OCH3 is 1. The van der Waals surface area contributed by atoms with Gasteiger partial charge < -0.3 is 29.5 Å². The molecule has 1 unspecified atom stereocenters. The molecule has 4 rings (SSSR count). The molecule has 214 valence electrons. The third-order valence-corrected chi connectivity index (χ3v) is 7.96. The normalized spacial score (nSPS) is 20.9. The number of piperidine rings is 2. The van der Waals surface area contributed by atoms with Crippen molar-refractivity contribution in [2.75, 3.05) is 39.9 Å². The summed E-state index contributed by atoms with van der Waals surface area (Å²) in [6.07, 6.45) is 4.28. The Morgan fingerprint density at radius 3 is 2.51 bits per heavy atom. The zero-order valence-electron chi connectivity index (χ0n) is 23.5. The van der Waals surface area contributed by atoms with Crippen molar-refractivity contribution in [2.24, 2.45) is 11.8 Å². The van der Waals surface area contributed by atoms with Crippen LogP contribution in [0.25, 0.3) is 11.0 Å². The molecule has 0 aliphatic carbocycles. The zero-order valence-corrected chi connectivity index (χ0v) is 23.5. The highest BCUT2D eigenvalue weighted by Gasteiger charge is 2.38. The summed E-state index contributed by atoms with van der Waals surface area (Å²) in [4.78, 5) is 47.3. The van der Waals surface area contributed by atoms with E-state index in [-0.39, 0.29) is 36.7 Å². The SMILES string of the molecule is COCCCCn1c(C(=O)C(N[C@H]2C[C@@H](C(=O)N3CCCCC3)CN(C(=O)O)C2)C(C)C)nc2ccccc21. The van der Waals surface area contributed by atoms with E-state index in [1.54, 1.807) is 7.11 Å². The van der Waals surface area contributed by atoms with Crippen molar-refractivity contribution in [2.45, 2.75) is 71.0 Å². The maximum atomic E-state index is 14.0. The maximum Gasteiger partial charge on any atom is 0.407 e. The van der Waals surface area contributed by atoms with E-state index in [9.17, 15) is 19.5 Å². The number of ether oxygens (including phenoxy) is 1. The molecule has 2 fully saturated rings. The van der Waals surface area contributed by atoms with Gasteiger partial charge in [0.25, 0.3) is 0 Å². The average molecular weight is 542 g/mol. The average Bonchev–Trinajstić information content (AvgIpc) is 3.32. The van der Waals surface area contributed by atoms with Crippen molar-refractivity contribution in [1.82, 2.24) is 24.7 Å². The van der Waals surface area contributed by atoms with Crippen molar-refractivity contribution < 1.29 is 24.2 Å². The van der Waals surface area contributed by atoms with Crippen LogP contribution < -0.4 is 5.32 Å². The number of amides is 2. The van der Waals surface area contributed by atoms with Gasteiger partial charge in [0.15, 0.2) is 5.82 Å². The molecule has 39 heavy (non-hydrogen) atoms. The zero-order chi connectivity index (χ0) is 27.9. The third kappa shape index (κ3) is 6.97. The second kappa shape index (κ2) is 13.4. The van der Waals surface area contributed by atoms with Gasteiger partial charge in [0.05, 0.1) is 23.0 Å². The topological polar surface area (TPSA) is 117 Å². The quantitative estimate of drug-likeness (QED) is 0.329. The fourth-order valence-corrected chi connectivity index (χ4v) is 5.90. The van der Waals surface area contributed by atoms with Crippen molar-refractivity contribution in [3.05, 3.63) is 30.1 Å². The van der Waals surface area contributed by atoms with E-state index >= 15 is 0 Å². The van der Waals surface area contributed by atoms with Gasteiger partial charge in [-0.3, -0.25) is 9.59 Å². The van der Waals surface area contributed by atoms with Crippen LogP contribution in [0.2, 0.25) is 0 Å². The van der Waals surface area contributed by atoms with E-state index in [1.807, 2.05) is 47.6 Å². The fraction of sp³-hybridized carbons (Fsp3) is 0.655. The van der Waals surface area contributed by atoms with E-state index in [0.29, 0.717) is 25.4 Å². The minimum Gasteiger partial charge on any atom is -0.465 e. The Hall–Kier alpha value is -2.98. The summed E-state index contributed by atoms with van der Waals surface area (Å²) in [5.74, 6) is -0.155. The van der Waals surface area contributed by atoms with Gasteiger partial charge in [0, 0.05) is 52.5 Å². The van der Waals surface area contributed by atoms with Crippen LogP contribution in [0.4, 0.5) is 4.79 Å². The molecule has 0 bridgehead atoms. The Morgan fingerprint density at radius 2 is 1.82 bits per heavy atom. The van der Waals surface area contributed by atoms with E-state index in [1.165, 1.54) is 4.90 Å². The first-order valence-electron chi connectivity index (χ1n) is 14.3. The summed E-state index contributed by atoms with van der Waals surface area (Å²) >= 11 is 0. The van der Waals surface area contributed by atoms with Gasteiger partial charge in [0.2, 0.25) is 11.7 Å². The number of hydrogen-bond donors (Lipinski definition) is 2. The number of hydrogen-bond acceptors (Lipinski definition) is 6. The number of aryl methyl sites for hydroxylation is 1. The molecule has 0 radical (unpaired) electrons. The van der Waals surface area contributed by atoms with Crippen LogP contribution in [0.5, 0.6) is 0 Å². The van der Waals surface area contributed by atoms with Crippen molar-refractivity contribution in [3.63, 3.8) is 0 Å². The molecule has 1 aromatic heterocycles. The number of nitrogens with zero attached hydrogens (tertiary/aromatic N) is 4. The van der Waals surface area contributed by atoms with Crippen LogP contribution >= 0.6 is 0 Å². The predicted octanol–water partition coefficient (Wildman–Crippen LogP) is 3.64. The molecule has 0 saturated carbocycles. The number of carbonyl (C=O) groups excluding carboxylic acids is 2.